The lowest BCUT2D eigenvalue weighted by Gasteiger charge is -2.08. The lowest BCUT2D eigenvalue weighted by atomic mass is 10.1. The number of rotatable bonds is 5. The number of amides is 2. The zero-order valence-corrected chi connectivity index (χ0v) is 14.0. The molecule has 0 fully saturated rings. The predicted molar refractivity (Wildman–Crippen MR) is 102 cm³/mol. The molecule has 0 saturated heterocycles. The van der Waals surface area contributed by atoms with Gasteiger partial charge >= 0.3 is 0 Å². The van der Waals surface area contributed by atoms with Gasteiger partial charge in [0.05, 0.1) is 6.54 Å². The summed E-state index contributed by atoms with van der Waals surface area (Å²) in [6, 6.07) is 19.9. The number of anilines is 1. The number of nitrogen functional groups attached to an aromatic ring is 1. The second kappa shape index (κ2) is 7.48. The Labute approximate surface area is 150 Å². The van der Waals surface area contributed by atoms with Crippen LogP contribution in [0.5, 0.6) is 0 Å². The van der Waals surface area contributed by atoms with E-state index in [-0.39, 0.29) is 18.3 Å². The molecule has 0 bridgehead atoms. The van der Waals surface area contributed by atoms with E-state index in [1.54, 1.807) is 18.2 Å². The third-order valence-electron chi connectivity index (χ3n) is 3.88. The van der Waals surface area contributed by atoms with Crippen molar-refractivity contribution in [2.24, 2.45) is 5.73 Å². The van der Waals surface area contributed by atoms with Crippen LogP contribution in [0.25, 0.3) is 10.8 Å². The summed E-state index contributed by atoms with van der Waals surface area (Å²) in [5.74, 6) is -0.841. The highest BCUT2D eigenvalue weighted by Gasteiger charge is 2.10. The number of fused-ring (bicyclic) bond motifs is 1. The molecule has 0 radical (unpaired) electrons. The summed E-state index contributed by atoms with van der Waals surface area (Å²) in [7, 11) is 0. The number of carbonyl (C=O) groups excluding carboxylic acids is 2. The molecule has 0 aliphatic rings. The molecular weight excluding hydrogens is 328 g/mol. The highest BCUT2D eigenvalue weighted by molar-refractivity contribution is 6.02. The zero-order valence-electron chi connectivity index (χ0n) is 14.0. The van der Waals surface area contributed by atoms with Crippen molar-refractivity contribution in [3.8, 4) is 0 Å². The largest absolute Gasteiger partial charge is 0.384 e. The van der Waals surface area contributed by atoms with Gasteiger partial charge in [0.1, 0.15) is 5.84 Å². The first-order valence-electron chi connectivity index (χ1n) is 8.04. The molecule has 0 unspecified atom stereocenters. The number of amidine groups is 1. The smallest absolute Gasteiger partial charge is 0.251 e. The van der Waals surface area contributed by atoms with Crippen molar-refractivity contribution in [3.63, 3.8) is 0 Å². The van der Waals surface area contributed by atoms with Crippen LogP contribution in [0.1, 0.15) is 15.9 Å². The fourth-order valence-corrected chi connectivity index (χ4v) is 2.56. The summed E-state index contributed by atoms with van der Waals surface area (Å²) in [5, 5.41) is 14.8. The summed E-state index contributed by atoms with van der Waals surface area (Å²) in [6.45, 7) is -0.157. The third-order valence-corrected chi connectivity index (χ3v) is 3.88. The molecule has 6 nitrogen and oxygen atoms in total. The molecule has 3 aromatic carbocycles. The number of benzene rings is 3. The topological polar surface area (TPSA) is 108 Å². The summed E-state index contributed by atoms with van der Waals surface area (Å²) in [5.41, 5.74) is 6.89. The Balaban J connectivity index is 1.60. The molecule has 3 aromatic rings. The minimum atomic E-state index is -0.401. The summed E-state index contributed by atoms with van der Waals surface area (Å²) in [6.07, 6.45) is 0. The molecule has 0 atom stereocenters. The molecule has 5 N–H and O–H groups in total. The molecule has 0 heterocycles. The first-order chi connectivity index (χ1) is 12.5. The van der Waals surface area contributed by atoms with Gasteiger partial charge in [-0.3, -0.25) is 15.0 Å². The van der Waals surface area contributed by atoms with Crippen LogP contribution in [0.4, 0.5) is 5.69 Å². The maximum Gasteiger partial charge on any atom is 0.251 e. The van der Waals surface area contributed by atoms with Crippen molar-refractivity contribution in [2.75, 3.05) is 11.9 Å². The van der Waals surface area contributed by atoms with Crippen LogP contribution < -0.4 is 16.4 Å². The number of nitrogens with two attached hydrogens (primary N) is 1. The maximum atomic E-state index is 12.1. The molecule has 0 aliphatic carbocycles. The van der Waals surface area contributed by atoms with Gasteiger partial charge in [-0.1, -0.05) is 42.5 Å². The van der Waals surface area contributed by atoms with Crippen molar-refractivity contribution >= 4 is 34.1 Å². The predicted octanol–water partition coefficient (Wildman–Crippen LogP) is 2.49. The summed E-state index contributed by atoms with van der Waals surface area (Å²) in [4.78, 5) is 24.2. The monoisotopic (exact) mass is 346 g/mol. The van der Waals surface area contributed by atoms with E-state index in [0.29, 0.717) is 16.8 Å². The minimum absolute atomic E-state index is 0.117. The van der Waals surface area contributed by atoms with Gasteiger partial charge in [-0.15, -0.1) is 0 Å². The van der Waals surface area contributed by atoms with E-state index in [0.717, 1.165) is 10.8 Å². The van der Waals surface area contributed by atoms with Gasteiger partial charge in [0, 0.05) is 16.8 Å². The maximum absolute atomic E-state index is 12.1. The average Bonchev–Trinajstić information content (AvgIpc) is 2.66. The molecule has 2 amide bonds. The molecule has 26 heavy (non-hydrogen) atoms. The molecule has 6 heteroatoms. The quantitative estimate of drug-likeness (QED) is 0.421. The first kappa shape index (κ1) is 17.2. The van der Waals surface area contributed by atoms with Gasteiger partial charge in [0.15, 0.2) is 0 Å². The van der Waals surface area contributed by atoms with E-state index in [1.807, 2.05) is 42.5 Å². The molecule has 0 aromatic heterocycles. The Bertz CT molecular complexity index is 998. The van der Waals surface area contributed by atoms with Crippen molar-refractivity contribution in [3.05, 3.63) is 77.9 Å². The van der Waals surface area contributed by atoms with E-state index in [2.05, 4.69) is 10.6 Å². The zero-order chi connectivity index (χ0) is 18.5. The van der Waals surface area contributed by atoms with Crippen molar-refractivity contribution in [1.82, 2.24) is 5.32 Å². The van der Waals surface area contributed by atoms with Crippen LogP contribution in [-0.4, -0.2) is 24.2 Å². The number of carbonyl (C=O) groups is 2. The van der Waals surface area contributed by atoms with Gasteiger partial charge < -0.3 is 16.4 Å². The summed E-state index contributed by atoms with van der Waals surface area (Å²) >= 11 is 0. The number of nitrogens with one attached hydrogen (secondary N) is 3. The highest BCUT2D eigenvalue weighted by Crippen LogP contribution is 2.18. The van der Waals surface area contributed by atoms with Gasteiger partial charge in [0.25, 0.3) is 5.91 Å². The molecule has 3 rings (SSSR count). The fourth-order valence-electron chi connectivity index (χ4n) is 2.56. The molecular formula is C20H18N4O2. The van der Waals surface area contributed by atoms with Crippen LogP contribution in [0.15, 0.2) is 66.7 Å². The lowest BCUT2D eigenvalue weighted by Crippen LogP contribution is -2.33. The van der Waals surface area contributed by atoms with Crippen LogP contribution in [0.2, 0.25) is 0 Å². The second-order valence-electron chi connectivity index (χ2n) is 5.79. The van der Waals surface area contributed by atoms with Gasteiger partial charge in [-0.2, -0.15) is 0 Å². The van der Waals surface area contributed by atoms with E-state index in [1.165, 1.54) is 6.07 Å². The van der Waals surface area contributed by atoms with Crippen molar-refractivity contribution in [2.45, 2.75) is 0 Å². The Hall–Kier alpha value is -3.67. The van der Waals surface area contributed by atoms with Crippen LogP contribution in [-0.2, 0) is 4.79 Å². The lowest BCUT2D eigenvalue weighted by molar-refractivity contribution is -0.115. The third kappa shape index (κ3) is 4.05. The van der Waals surface area contributed by atoms with Crippen LogP contribution in [0, 0.1) is 5.41 Å². The van der Waals surface area contributed by atoms with Crippen molar-refractivity contribution in [1.29, 1.82) is 5.41 Å². The molecule has 0 aliphatic heterocycles. The number of hydrogen-bond donors (Lipinski definition) is 4. The Morgan fingerprint density at radius 2 is 1.62 bits per heavy atom. The van der Waals surface area contributed by atoms with Crippen LogP contribution in [0.3, 0.4) is 0 Å². The Kier molecular flexibility index (Phi) is 4.94. The Morgan fingerprint density at radius 1 is 0.885 bits per heavy atom. The molecule has 0 saturated carbocycles. The standard InChI is InChI=1S/C20H18N4O2/c21-19(22)15-6-3-7-16(10-15)20(26)23-12-18(25)24-17-9-8-13-4-1-2-5-14(13)11-17/h1-11H,12H2,(H3,21,22)(H,23,26)(H,24,25). The van der Waals surface area contributed by atoms with Gasteiger partial charge in [-0.05, 0) is 35.0 Å². The minimum Gasteiger partial charge on any atom is -0.384 e. The summed E-state index contributed by atoms with van der Waals surface area (Å²) < 4.78 is 0. The second-order valence-corrected chi connectivity index (χ2v) is 5.79. The molecule has 0 spiro atoms. The normalized spacial score (nSPS) is 10.3. The number of hydrogen-bond acceptors (Lipinski definition) is 3. The average molecular weight is 346 g/mol. The van der Waals surface area contributed by atoms with E-state index in [9.17, 15) is 9.59 Å². The van der Waals surface area contributed by atoms with E-state index >= 15 is 0 Å². The van der Waals surface area contributed by atoms with Crippen LogP contribution >= 0.6 is 0 Å². The van der Waals surface area contributed by atoms with Crippen molar-refractivity contribution < 1.29 is 9.59 Å². The van der Waals surface area contributed by atoms with E-state index < -0.39 is 5.91 Å². The van der Waals surface area contributed by atoms with Gasteiger partial charge in [-0.25, -0.2) is 0 Å². The SMILES string of the molecule is N=C(N)c1cccc(C(=O)NCC(=O)Nc2ccc3ccccc3c2)c1. The fraction of sp³-hybridized carbons (Fsp3) is 0.0500. The highest BCUT2D eigenvalue weighted by atomic mass is 16.2. The first-order valence-corrected chi connectivity index (χ1v) is 8.04. The van der Waals surface area contributed by atoms with E-state index in [4.69, 9.17) is 11.1 Å². The van der Waals surface area contributed by atoms with Gasteiger partial charge in [0.2, 0.25) is 5.91 Å². The Morgan fingerprint density at radius 3 is 2.38 bits per heavy atom. The molecule has 130 valence electrons.